The van der Waals surface area contributed by atoms with Crippen molar-refractivity contribution in [1.29, 1.82) is 0 Å². The quantitative estimate of drug-likeness (QED) is 0.573. The number of aliphatic hydroxyl groups is 1. The van der Waals surface area contributed by atoms with E-state index < -0.39 is 4.92 Å². The van der Waals surface area contributed by atoms with Crippen LogP contribution in [0.1, 0.15) is 23.3 Å². The molecule has 0 spiro atoms. The molecule has 1 fully saturated rings. The Kier molecular flexibility index (Phi) is 4.92. The standard InChI is InChI=1S/C13H20N4O4/c1-15-9-11(17(20)21)7-12(15)13(19)16(5-6-18)8-10-3-2-4-14-10/h7,9-10,14,18H,2-6,8H2,1H3. The van der Waals surface area contributed by atoms with Crippen LogP contribution < -0.4 is 5.32 Å². The minimum atomic E-state index is -0.522. The molecule has 2 rings (SSSR count). The summed E-state index contributed by atoms with van der Waals surface area (Å²) in [5.41, 5.74) is 0.150. The number of rotatable bonds is 6. The van der Waals surface area contributed by atoms with Gasteiger partial charge in [0.25, 0.3) is 11.6 Å². The molecule has 116 valence electrons. The molecule has 1 aromatic rings. The number of carbonyl (C=O) groups is 1. The van der Waals surface area contributed by atoms with Crippen LogP contribution in [0.5, 0.6) is 0 Å². The van der Waals surface area contributed by atoms with Gasteiger partial charge in [-0.1, -0.05) is 0 Å². The van der Waals surface area contributed by atoms with Gasteiger partial charge in [-0.2, -0.15) is 0 Å². The molecule has 2 heterocycles. The van der Waals surface area contributed by atoms with Gasteiger partial charge in [0.1, 0.15) is 5.69 Å². The van der Waals surface area contributed by atoms with E-state index in [4.69, 9.17) is 5.11 Å². The normalized spacial score (nSPS) is 17.9. The Morgan fingerprint density at radius 2 is 2.43 bits per heavy atom. The molecular formula is C13H20N4O4. The van der Waals surface area contributed by atoms with Crippen molar-refractivity contribution in [3.8, 4) is 0 Å². The van der Waals surface area contributed by atoms with Crippen LogP contribution in [-0.4, -0.2) is 57.7 Å². The van der Waals surface area contributed by atoms with Gasteiger partial charge in [0.2, 0.25) is 0 Å². The Labute approximate surface area is 122 Å². The molecule has 0 saturated carbocycles. The van der Waals surface area contributed by atoms with Crippen LogP contribution in [0.25, 0.3) is 0 Å². The van der Waals surface area contributed by atoms with Crippen molar-refractivity contribution in [3.05, 3.63) is 28.1 Å². The van der Waals surface area contributed by atoms with E-state index in [2.05, 4.69) is 5.32 Å². The van der Waals surface area contributed by atoms with Crippen LogP contribution >= 0.6 is 0 Å². The fourth-order valence-corrected chi connectivity index (χ4v) is 2.60. The number of nitro groups is 1. The minimum Gasteiger partial charge on any atom is -0.395 e. The van der Waals surface area contributed by atoms with Gasteiger partial charge in [-0.25, -0.2) is 0 Å². The van der Waals surface area contributed by atoms with E-state index in [1.807, 2.05) is 0 Å². The van der Waals surface area contributed by atoms with Gasteiger partial charge >= 0.3 is 0 Å². The first-order valence-electron chi connectivity index (χ1n) is 6.97. The Balaban J connectivity index is 2.14. The average molecular weight is 296 g/mol. The third-order valence-corrected chi connectivity index (χ3v) is 3.68. The summed E-state index contributed by atoms with van der Waals surface area (Å²) in [6, 6.07) is 1.49. The summed E-state index contributed by atoms with van der Waals surface area (Å²) in [6.07, 6.45) is 3.38. The maximum Gasteiger partial charge on any atom is 0.287 e. The number of nitrogens with one attached hydrogen (secondary N) is 1. The smallest absolute Gasteiger partial charge is 0.287 e. The average Bonchev–Trinajstić information content (AvgIpc) is 3.07. The SMILES string of the molecule is Cn1cc([N+](=O)[O-])cc1C(=O)N(CCO)CC1CCCN1. The lowest BCUT2D eigenvalue weighted by Gasteiger charge is -2.25. The zero-order valence-electron chi connectivity index (χ0n) is 12.0. The lowest BCUT2D eigenvalue weighted by atomic mass is 10.2. The fraction of sp³-hybridized carbons (Fsp3) is 0.615. The summed E-state index contributed by atoms with van der Waals surface area (Å²) in [6.45, 7) is 1.51. The monoisotopic (exact) mass is 296 g/mol. The van der Waals surface area contributed by atoms with E-state index in [1.54, 1.807) is 11.9 Å². The van der Waals surface area contributed by atoms with Crippen molar-refractivity contribution in [3.63, 3.8) is 0 Å². The van der Waals surface area contributed by atoms with Gasteiger partial charge in [-0.3, -0.25) is 14.9 Å². The summed E-state index contributed by atoms with van der Waals surface area (Å²) in [5, 5.41) is 23.2. The van der Waals surface area contributed by atoms with E-state index in [-0.39, 0.29) is 36.5 Å². The molecule has 0 aromatic carbocycles. The van der Waals surface area contributed by atoms with Crippen molar-refractivity contribution in [1.82, 2.24) is 14.8 Å². The van der Waals surface area contributed by atoms with Crippen LogP contribution in [0.2, 0.25) is 0 Å². The molecular weight excluding hydrogens is 276 g/mol. The van der Waals surface area contributed by atoms with Crippen molar-refractivity contribution in [2.45, 2.75) is 18.9 Å². The number of amides is 1. The molecule has 1 amide bonds. The third kappa shape index (κ3) is 3.59. The highest BCUT2D eigenvalue weighted by atomic mass is 16.6. The second-order valence-electron chi connectivity index (χ2n) is 5.22. The van der Waals surface area contributed by atoms with Crippen LogP contribution in [0, 0.1) is 10.1 Å². The predicted molar refractivity (Wildman–Crippen MR) is 76.1 cm³/mol. The van der Waals surface area contributed by atoms with Crippen LogP contribution in [-0.2, 0) is 7.05 Å². The molecule has 1 saturated heterocycles. The Hall–Kier alpha value is -1.93. The maximum absolute atomic E-state index is 12.5. The zero-order chi connectivity index (χ0) is 15.4. The molecule has 1 aliphatic rings. The highest BCUT2D eigenvalue weighted by molar-refractivity contribution is 5.93. The van der Waals surface area contributed by atoms with Crippen LogP contribution in [0.4, 0.5) is 5.69 Å². The highest BCUT2D eigenvalue weighted by Gasteiger charge is 2.25. The van der Waals surface area contributed by atoms with Crippen molar-refractivity contribution in [2.24, 2.45) is 7.05 Å². The summed E-state index contributed by atoms with van der Waals surface area (Å²) in [4.78, 5) is 24.3. The van der Waals surface area contributed by atoms with E-state index in [0.29, 0.717) is 6.54 Å². The van der Waals surface area contributed by atoms with Gasteiger partial charge in [-0.15, -0.1) is 0 Å². The van der Waals surface area contributed by atoms with Gasteiger partial charge in [-0.05, 0) is 19.4 Å². The highest BCUT2D eigenvalue weighted by Crippen LogP contribution is 2.17. The van der Waals surface area contributed by atoms with Gasteiger partial charge in [0.05, 0.1) is 17.7 Å². The lowest BCUT2D eigenvalue weighted by molar-refractivity contribution is -0.384. The number of hydrogen-bond acceptors (Lipinski definition) is 5. The molecule has 1 aliphatic heterocycles. The number of carbonyl (C=O) groups excluding carboxylic acids is 1. The summed E-state index contributed by atoms with van der Waals surface area (Å²) in [7, 11) is 1.60. The zero-order valence-corrected chi connectivity index (χ0v) is 12.0. The molecule has 8 heteroatoms. The second-order valence-corrected chi connectivity index (χ2v) is 5.22. The number of aromatic nitrogens is 1. The molecule has 2 N–H and O–H groups in total. The molecule has 1 atom stereocenters. The van der Waals surface area contributed by atoms with Crippen molar-refractivity contribution >= 4 is 11.6 Å². The van der Waals surface area contributed by atoms with Crippen molar-refractivity contribution < 1.29 is 14.8 Å². The molecule has 1 aromatic heterocycles. The largest absolute Gasteiger partial charge is 0.395 e. The molecule has 0 radical (unpaired) electrons. The molecule has 0 aliphatic carbocycles. The topological polar surface area (TPSA) is 101 Å². The molecule has 1 unspecified atom stereocenters. The molecule has 21 heavy (non-hydrogen) atoms. The van der Waals surface area contributed by atoms with Crippen LogP contribution in [0.3, 0.4) is 0 Å². The third-order valence-electron chi connectivity index (χ3n) is 3.68. The summed E-state index contributed by atoms with van der Waals surface area (Å²) < 4.78 is 1.45. The Morgan fingerprint density at radius 3 is 2.95 bits per heavy atom. The second kappa shape index (κ2) is 6.68. The Bertz CT molecular complexity index is 522. The van der Waals surface area contributed by atoms with E-state index in [0.717, 1.165) is 19.4 Å². The predicted octanol–water partition coefficient (Wildman–Crippen LogP) is 0.120. The molecule has 8 nitrogen and oxygen atoms in total. The first kappa shape index (κ1) is 15.5. The van der Waals surface area contributed by atoms with E-state index in [9.17, 15) is 14.9 Å². The van der Waals surface area contributed by atoms with E-state index in [1.165, 1.54) is 16.8 Å². The summed E-state index contributed by atoms with van der Waals surface area (Å²) >= 11 is 0. The number of aliphatic hydroxyl groups excluding tert-OH is 1. The maximum atomic E-state index is 12.5. The van der Waals surface area contributed by atoms with Crippen LogP contribution in [0.15, 0.2) is 12.3 Å². The number of aryl methyl sites for hydroxylation is 1. The Morgan fingerprint density at radius 1 is 1.67 bits per heavy atom. The van der Waals surface area contributed by atoms with E-state index >= 15 is 0 Å². The lowest BCUT2D eigenvalue weighted by Crippen LogP contribution is -2.43. The summed E-state index contributed by atoms with van der Waals surface area (Å²) in [5.74, 6) is -0.298. The van der Waals surface area contributed by atoms with Gasteiger partial charge in [0, 0.05) is 32.2 Å². The van der Waals surface area contributed by atoms with Gasteiger partial charge in [0.15, 0.2) is 0 Å². The first-order chi connectivity index (χ1) is 10.0. The first-order valence-corrected chi connectivity index (χ1v) is 6.97. The molecule has 0 bridgehead atoms. The number of hydrogen-bond donors (Lipinski definition) is 2. The minimum absolute atomic E-state index is 0.108. The van der Waals surface area contributed by atoms with Gasteiger partial charge < -0.3 is 19.9 Å². The fourth-order valence-electron chi connectivity index (χ4n) is 2.60. The van der Waals surface area contributed by atoms with Crippen molar-refractivity contribution in [2.75, 3.05) is 26.2 Å². The number of nitrogens with zero attached hydrogens (tertiary/aromatic N) is 3.